The van der Waals surface area contributed by atoms with Crippen LogP contribution in [0.4, 0.5) is 0 Å². The average Bonchev–Trinajstić information content (AvgIpc) is 3.08. The lowest BCUT2D eigenvalue weighted by molar-refractivity contribution is -0.124. The van der Waals surface area contributed by atoms with Crippen molar-refractivity contribution in [3.05, 3.63) is 34.6 Å². The maximum atomic E-state index is 12.5. The normalized spacial score (nSPS) is 25.7. The van der Waals surface area contributed by atoms with Crippen molar-refractivity contribution in [3.63, 3.8) is 0 Å². The topological polar surface area (TPSA) is 101 Å². The number of nitrogens with zero attached hydrogens (tertiary/aromatic N) is 3. The van der Waals surface area contributed by atoms with Gasteiger partial charge in [-0.2, -0.15) is 0 Å². The predicted octanol–water partition coefficient (Wildman–Crippen LogP) is -0.0571. The van der Waals surface area contributed by atoms with E-state index >= 15 is 0 Å². The zero-order valence-corrected chi connectivity index (χ0v) is 13.9. The molecular formula is C17H22N6O2. The molecule has 0 radical (unpaired) electrons. The molecule has 3 unspecified atom stereocenters. The van der Waals surface area contributed by atoms with Crippen molar-refractivity contribution in [2.24, 2.45) is 5.92 Å². The highest BCUT2D eigenvalue weighted by atomic mass is 16.2. The fourth-order valence-electron chi connectivity index (χ4n) is 3.87. The number of rotatable bonds is 4. The van der Waals surface area contributed by atoms with Crippen molar-refractivity contribution < 1.29 is 4.79 Å². The quantitative estimate of drug-likeness (QED) is 0.720. The maximum absolute atomic E-state index is 12.5. The highest BCUT2D eigenvalue weighted by molar-refractivity contribution is 5.82. The third kappa shape index (κ3) is 3.14. The van der Waals surface area contributed by atoms with Crippen LogP contribution in [0.5, 0.6) is 0 Å². The molecule has 2 aromatic rings. The Bertz CT molecular complexity index is 835. The summed E-state index contributed by atoms with van der Waals surface area (Å²) in [7, 11) is 0. The second kappa shape index (κ2) is 6.89. The Morgan fingerprint density at radius 1 is 1.24 bits per heavy atom. The number of amides is 1. The van der Waals surface area contributed by atoms with Crippen LogP contribution >= 0.6 is 0 Å². The summed E-state index contributed by atoms with van der Waals surface area (Å²) >= 11 is 0. The largest absolute Gasteiger partial charge is 0.353 e. The predicted molar refractivity (Wildman–Crippen MR) is 92.6 cm³/mol. The van der Waals surface area contributed by atoms with Gasteiger partial charge in [0.25, 0.3) is 5.56 Å². The first kappa shape index (κ1) is 16.2. The summed E-state index contributed by atoms with van der Waals surface area (Å²) in [5, 5.41) is 11.4. The summed E-state index contributed by atoms with van der Waals surface area (Å²) < 4.78 is 1.30. The van der Waals surface area contributed by atoms with Gasteiger partial charge in [0.05, 0.1) is 11.9 Å². The highest BCUT2D eigenvalue weighted by Crippen LogP contribution is 2.29. The van der Waals surface area contributed by atoms with Gasteiger partial charge in [0.2, 0.25) is 5.91 Å². The highest BCUT2D eigenvalue weighted by Gasteiger charge is 2.40. The number of aromatic nitrogens is 3. The fraction of sp³-hybridized carbons (Fsp3) is 0.529. The minimum atomic E-state index is -0.204. The molecule has 1 aliphatic carbocycles. The van der Waals surface area contributed by atoms with Crippen molar-refractivity contribution in [1.82, 2.24) is 31.2 Å². The summed E-state index contributed by atoms with van der Waals surface area (Å²) in [6.45, 7) is 0.651. The van der Waals surface area contributed by atoms with Gasteiger partial charge in [-0.25, -0.2) is 10.1 Å². The van der Waals surface area contributed by atoms with Gasteiger partial charge in [-0.05, 0) is 25.0 Å². The zero-order chi connectivity index (χ0) is 17.2. The lowest BCUT2D eigenvalue weighted by atomic mass is 9.81. The molecule has 1 saturated heterocycles. The first-order valence-corrected chi connectivity index (χ1v) is 8.85. The molecule has 132 valence electrons. The van der Waals surface area contributed by atoms with E-state index < -0.39 is 0 Å². The second-order valence-electron chi connectivity index (χ2n) is 6.75. The molecule has 1 aromatic carbocycles. The average molecular weight is 342 g/mol. The molecule has 25 heavy (non-hydrogen) atoms. The van der Waals surface area contributed by atoms with Crippen LogP contribution in [0, 0.1) is 5.92 Å². The van der Waals surface area contributed by atoms with Crippen LogP contribution in [0.25, 0.3) is 10.9 Å². The Morgan fingerprint density at radius 2 is 2.08 bits per heavy atom. The second-order valence-corrected chi connectivity index (χ2v) is 6.75. The van der Waals surface area contributed by atoms with Gasteiger partial charge in [0, 0.05) is 18.5 Å². The van der Waals surface area contributed by atoms with E-state index in [9.17, 15) is 9.59 Å². The molecule has 2 aliphatic rings. The maximum Gasteiger partial charge on any atom is 0.277 e. The summed E-state index contributed by atoms with van der Waals surface area (Å²) in [6, 6.07) is 7.30. The van der Waals surface area contributed by atoms with Crippen molar-refractivity contribution >= 4 is 16.8 Å². The SMILES string of the molecule is O=C(NCCn1nnc2ccccc2c1=O)C1NNC2CCCCC21. The van der Waals surface area contributed by atoms with Crippen LogP contribution < -0.4 is 21.7 Å². The smallest absolute Gasteiger partial charge is 0.277 e. The van der Waals surface area contributed by atoms with Crippen molar-refractivity contribution in [2.45, 2.75) is 44.3 Å². The Morgan fingerprint density at radius 3 is 3.00 bits per heavy atom. The monoisotopic (exact) mass is 342 g/mol. The number of carbonyl (C=O) groups excluding carboxylic acids is 1. The lowest BCUT2D eigenvalue weighted by Gasteiger charge is -2.26. The van der Waals surface area contributed by atoms with Crippen LogP contribution in [0.2, 0.25) is 0 Å². The Kier molecular flexibility index (Phi) is 4.46. The van der Waals surface area contributed by atoms with Crippen molar-refractivity contribution in [2.75, 3.05) is 6.54 Å². The van der Waals surface area contributed by atoms with Crippen LogP contribution in [0.3, 0.4) is 0 Å². The number of fused-ring (bicyclic) bond motifs is 2. The fourth-order valence-corrected chi connectivity index (χ4v) is 3.87. The van der Waals surface area contributed by atoms with E-state index in [2.05, 4.69) is 26.5 Å². The van der Waals surface area contributed by atoms with E-state index in [0.29, 0.717) is 36.0 Å². The van der Waals surface area contributed by atoms with Gasteiger partial charge in [0.15, 0.2) is 0 Å². The van der Waals surface area contributed by atoms with Crippen molar-refractivity contribution in [1.29, 1.82) is 0 Å². The van der Waals surface area contributed by atoms with Gasteiger partial charge < -0.3 is 5.32 Å². The molecule has 4 rings (SSSR count). The van der Waals surface area contributed by atoms with Crippen LogP contribution in [0.15, 0.2) is 29.1 Å². The summed E-state index contributed by atoms with van der Waals surface area (Å²) in [5.74, 6) is 0.320. The molecule has 1 aromatic heterocycles. The number of carbonyl (C=O) groups is 1. The van der Waals surface area contributed by atoms with Gasteiger partial charge in [-0.3, -0.25) is 15.0 Å². The van der Waals surface area contributed by atoms with Crippen molar-refractivity contribution in [3.8, 4) is 0 Å². The molecule has 8 heteroatoms. The van der Waals surface area contributed by atoms with Gasteiger partial charge >= 0.3 is 0 Å². The lowest BCUT2D eigenvalue weighted by Crippen LogP contribution is -2.46. The summed E-state index contributed by atoms with van der Waals surface area (Å²) in [5.41, 5.74) is 6.76. The molecule has 2 fully saturated rings. The molecule has 3 N–H and O–H groups in total. The molecule has 3 atom stereocenters. The van der Waals surface area contributed by atoms with Gasteiger partial charge in [-0.1, -0.05) is 30.2 Å². The van der Waals surface area contributed by atoms with E-state index in [1.165, 1.54) is 17.5 Å². The standard InChI is InChI=1S/C17H22N6O2/c24-16(15-11-5-1-3-7-13(11)19-21-15)18-9-10-23-17(25)12-6-2-4-8-14(12)20-22-23/h2,4,6,8,11,13,15,19,21H,1,3,5,7,9-10H2,(H,18,24). The van der Waals surface area contributed by atoms with Crippen LogP contribution in [0.1, 0.15) is 25.7 Å². The molecule has 0 spiro atoms. The Balaban J connectivity index is 1.37. The Labute approximate surface area is 144 Å². The molecule has 1 amide bonds. The summed E-state index contributed by atoms with van der Waals surface area (Å²) in [6.07, 6.45) is 4.58. The third-order valence-electron chi connectivity index (χ3n) is 5.21. The van der Waals surface area contributed by atoms with E-state index in [4.69, 9.17) is 0 Å². The van der Waals surface area contributed by atoms with E-state index in [0.717, 1.165) is 12.8 Å². The van der Waals surface area contributed by atoms with Gasteiger partial charge in [-0.15, -0.1) is 5.10 Å². The number of hydrogen-bond acceptors (Lipinski definition) is 6. The molecular weight excluding hydrogens is 320 g/mol. The van der Waals surface area contributed by atoms with Gasteiger partial charge in [0.1, 0.15) is 11.6 Å². The number of hydrogen-bond donors (Lipinski definition) is 3. The first-order chi connectivity index (χ1) is 12.2. The number of nitrogens with one attached hydrogen (secondary N) is 3. The van der Waals surface area contributed by atoms with E-state index in [-0.39, 0.29) is 17.5 Å². The minimum Gasteiger partial charge on any atom is -0.353 e. The molecule has 1 saturated carbocycles. The molecule has 2 heterocycles. The van der Waals surface area contributed by atoms with E-state index in [1.807, 2.05) is 6.07 Å². The summed E-state index contributed by atoms with van der Waals surface area (Å²) in [4.78, 5) is 24.8. The van der Waals surface area contributed by atoms with Crippen LogP contribution in [-0.4, -0.2) is 39.5 Å². The van der Waals surface area contributed by atoms with Crippen LogP contribution in [-0.2, 0) is 11.3 Å². The van der Waals surface area contributed by atoms with E-state index in [1.54, 1.807) is 18.2 Å². The first-order valence-electron chi connectivity index (χ1n) is 8.85. The number of benzene rings is 1. The molecule has 0 bridgehead atoms. The zero-order valence-electron chi connectivity index (χ0n) is 13.9. The third-order valence-corrected chi connectivity index (χ3v) is 5.21. The molecule has 8 nitrogen and oxygen atoms in total. The minimum absolute atomic E-state index is 0.0244. The Hall–Kier alpha value is -2.32. The number of hydrazine groups is 1. The molecule has 1 aliphatic heterocycles.